The van der Waals surface area contributed by atoms with Crippen molar-refractivity contribution < 1.29 is 14.0 Å². The number of anilines is 1. The number of Topliss-reactive ketones (excluding diaryl/α,β-unsaturated/α-hetero) is 1. The van der Waals surface area contributed by atoms with E-state index in [0.29, 0.717) is 36.1 Å². The summed E-state index contributed by atoms with van der Waals surface area (Å²) in [6.45, 7) is 3.30. The van der Waals surface area contributed by atoms with E-state index in [4.69, 9.17) is 4.42 Å². The summed E-state index contributed by atoms with van der Waals surface area (Å²) in [6.07, 6.45) is 0. The molecular formula is C20H18N4O3. The Hall–Kier alpha value is -3.32. The molecule has 0 aliphatic carbocycles. The van der Waals surface area contributed by atoms with E-state index in [1.807, 2.05) is 48.2 Å². The molecule has 1 aliphatic heterocycles. The van der Waals surface area contributed by atoms with E-state index in [1.165, 1.54) is 4.90 Å². The third-order valence-corrected chi connectivity index (χ3v) is 4.51. The zero-order chi connectivity index (χ0) is 18.8. The first-order valence-electron chi connectivity index (χ1n) is 8.72. The number of fused-ring (bicyclic) bond motifs is 1. The van der Waals surface area contributed by atoms with E-state index in [9.17, 15) is 9.59 Å². The van der Waals surface area contributed by atoms with E-state index in [-0.39, 0.29) is 6.67 Å². The molecule has 0 spiro atoms. The highest BCUT2D eigenvalue weighted by Crippen LogP contribution is 2.28. The van der Waals surface area contributed by atoms with Gasteiger partial charge in [-0.05, 0) is 30.8 Å². The summed E-state index contributed by atoms with van der Waals surface area (Å²) >= 11 is 0. The second-order valence-electron chi connectivity index (χ2n) is 6.23. The molecular weight excluding hydrogens is 344 g/mol. The van der Waals surface area contributed by atoms with Crippen LogP contribution in [0, 0.1) is 0 Å². The number of amides is 1. The summed E-state index contributed by atoms with van der Waals surface area (Å²) in [4.78, 5) is 28.0. The number of para-hydroxylation sites is 1. The van der Waals surface area contributed by atoms with Crippen LogP contribution in [0.4, 0.5) is 5.69 Å². The van der Waals surface area contributed by atoms with Gasteiger partial charge in [0, 0.05) is 5.56 Å². The number of benzene rings is 2. The predicted octanol–water partition coefficient (Wildman–Crippen LogP) is 2.75. The van der Waals surface area contributed by atoms with Crippen molar-refractivity contribution >= 4 is 17.4 Å². The molecule has 7 nitrogen and oxygen atoms in total. The number of carbonyl (C=O) groups is 2. The average Bonchev–Trinajstić information content (AvgIpc) is 3.27. The first-order chi connectivity index (χ1) is 13.2. The fourth-order valence-electron chi connectivity index (χ4n) is 3.06. The number of carbonyl (C=O) groups excluding carboxylic acids is 2. The predicted molar refractivity (Wildman–Crippen MR) is 98.9 cm³/mol. The third-order valence-electron chi connectivity index (χ3n) is 4.51. The zero-order valence-electron chi connectivity index (χ0n) is 14.8. The van der Waals surface area contributed by atoms with Gasteiger partial charge in [-0.15, -0.1) is 10.2 Å². The van der Waals surface area contributed by atoms with Gasteiger partial charge in [-0.25, -0.2) is 0 Å². The highest BCUT2D eigenvalue weighted by molar-refractivity contribution is 6.52. The molecule has 1 aromatic heterocycles. The van der Waals surface area contributed by atoms with Crippen LogP contribution in [-0.4, -0.2) is 40.0 Å². The first-order valence-corrected chi connectivity index (χ1v) is 8.72. The van der Waals surface area contributed by atoms with Gasteiger partial charge in [0.25, 0.3) is 5.78 Å². The van der Waals surface area contributed by atoms with Crippen molar-refractivity contribution in [2.24, 2.45) is 0 Å². The van der Waals surface area contributed by atoms with Gasteiger partial charge < -0.3 is 4.42 Å². The van der Waals surface area contributed by atoms with Crippen molar-refractivity contribution in [3.63, 3.8) is 0 Å². The van der Waals surface area contributed by atoms with Crippen molar-refractivity contribution in [2.45, 2.75) is 13.5 Å². The van der Waals surface area contributed by atoms with Gasteiger partial charge in [0.15, 0.2) is 0 Å². The average molecular weight is 362 g/mol. The largest absolute Gasteiger partial charge is 0.419 e. The Morgan fingerprint density at radius 1 is 1.00 bits per heavy atom. The van der Waals surface area contributed by atoms with E-state index in [1.54, 1.807) is 18.2 Å². The minimum Gasteiger partial charge on any atom is -0.419 e. The maximum absolute atomic E-state index is 12.4. The monoisotopic (exact) mass is 362 g/mol. The maximum atomic E-state index is 12.4. The Morgan fingerprint density at radius 2 is 1.74 bits per heavy atom. The van der Waals surface area contributed by atoms with Crippen molar-refractivity contribution in [3.05, 3.63) is 66.1 Å². The van der Waals surface area contributed by atoms with Gasteiger partial charge in [0.1, 0.15) is 0 Å². The molecule has 1 aliphatic rings. The van der Waals surface area contributed by atoms with E-state index >= 15 is 0 Å². The van der Waals surface area contributed by atoms with Gasteiger partial charge >= 0.3 is 5.91 Å². The smallest absolute Gasteiger partial charge is 0.300 e. The van der Waals surface area contributed by atoms with Crippen molar-refractivity contribution in [3.8, 4) is 11.5 Å². The molecule has 0 fully saturated rings. The summed E-state index contributed by atoms with van der Waals surface area (Å²) in [7, 11) is 0. The minimum atomic E-state index is -0.509. The SMILES string of the molecule is CCN(Cc1nnc(-c2ccccc2)o1)CN1C(=O)C(=O)c2ccccc21. The molecule has 1 amide bonds. The molecule has 0 bridgehead atoms. The zero-order valence-corrected chi connectivity index (χ0v) is 14.8. The topological polar surface area (TPSA) is 79.5 Å². The maximum Gasteiger partial charge on any atom is 0.300 e. The quantitative estimate of drug-likeness (QED) is 0.628. The van der Waals surface area contributed by atoms with Crippen LogP contribution in [0.25, 0.3) is 11.5 Å². The fraction of sp³-hybridized carbons (Fsp3) is 0.200. The Balaban J connectivity index is 1.50. The van der Waals surface area contributed by atoms with E-state index < -0.39 is 11.7 Å². The Kier molecular flexibility index (Phi) is 4.52. The number of nitrogens with zero attached hydrogens (tertiary/aromatic N) is 4. The van der Waals surface area contributed by atoms with Gasteiger partial charge in [0.05, 0.1) is 24.5 Å². The standard InChI is InChI=1S/C20H18N4O3/c1-2-23(12-17-21-22-19(27-17)14-8-4-3-5-9-14)13-24-16-11-7-6-10-15(16)18(25)20(24)26/h3-11H,2,12-13H2,1H3. The molecule has 27 heavy (non-hydrogen) atoms. The normalized spacial score (nSPS) is 13.5. The highest BCUT2D eigenvalue weighted by atomic mass is 16.4. The second kappa shape index (κ2) is 7.13. The Morgan fingerprint density at radius 3 is 2.52 bits per heavy atom. The molecule has 2 heterocycles. The van der Waals surface area contributed by atoms with Crippen LogP contribution in [0.15, 0.2) is 59.0 Å². The van der Waals surface area contributed by atoms with Crippen LogP contribution >= 0.6 is 0 Å². The molecule has 0 saturated heterocycles. The van der Waals surface area contributed by atoms with Crippen molar-refractivity contribution in [1.82, 2.24) is 15.1 Å². The van der Waals surface area contributed by atoms with Gasteiger partial charge in [0.2, 0.25) is 11.8 Å². The summed E-state index contributed by atoms with van der Waals surface area (Å²) in [5.41, 5.74) is 1.94. The lowest BCUT2D eigenvalue weighted by molar-refractivity contribution is -0.114. The number of ketones is 1. The van der Waals surface area contributed by atoms with Crippen LogP contribution in [-0.2, 0) is 11.3 Å². The van der Waals surface area contributed by atoms with Gasteiger partial charge in [-0.1, -0.05) is 37.3 Å². The second-order valence-corrected chi connectivity index (χ2v) is 6.23. The van der Waals surface area contributed by atoms with Crippen molar-refractivity contribution in [1.29, 1.82) is 0 Å². The highest BCUT2D eigenvalue weighted by Gasteiger charge is 2.36. The van der Waals surface area contributed by atoms with Crippen LogP contribution < -0.4 is 4.90 Å². The number of hydrogen-bond donors (Lipinski definition) is 0. The molecule has 0 unspecified atom stereocenters. The number of hydrogen-bond acceptors (Lipinski definition) is 6. The lowest BCUT2D eigenvalue weighted by atomic mass is 10.1. The molecule has 2 aromatic carbocycles. The van der Waals surface area contributed by atoms with E-state index in [0.717, 1.165) is 5.56 Å². The van der Waals surface area contributed by atoms with E-state index in [2.05, 4.69) is 10.2 Å². The fourth-order valence-corrected chi connectivity index (χ4v) is 3.06. The lowest BCUT2D eigenvalue weighted by Gasteiger charge is -2.25. The van der Waals surface area contributed by atoms with Crippen LogP contribution in [0.2, 0.25) is 0 Å². The Labute approximate surface area is 156 Å². The summed E-state index contributed by atoms with van der Waals surface area (Å²) < 4.78 is 5.75. The Bertz CT molecular complexity index is 984. The first kappa shape index (κ1) is 17.1. The van der Waals surface area contributed by atoms with Gasteiger partial charge in [-0.3, -0.25) is 19.4 Å². The van der Waals surface area contributed by atoms with Crippen LogP contribution in [0.3, 0.4) is 0 Å². The van der Waals surface area contributed by atoms with Crippen LogP contribution in [0.1, 0.15) is 23.2 Å². The molecule has 0 radical (unpaired) electrons. The molecule has 0 saturated carbocycles. The molecule has 4 rings (SSSR count). The lowest BCUT2D eigenvalue weighted by Crippen LogP contribution is -2.40. The summed E-state index contributed by atoms with van der Waals surface area (Å²) in [5.74, 6) is -0.0580. The summed E-state index contributed by atoms with van der Waals surface area (Å²) in [6, 6.07) is 16.6. The molecule has 7 heteroatoms. The summed E-state index contributed by atoms with van der Waals surface area (Å²) in [5, 5.41) is 8.20. The number of aromatic nitrogens is 2. The molecule has 3 aromatic rings. The third kappa shape index (κ3) is 3.24. The van der Waals surface area contributed by atoms with Crippen molar-refractivity contribution in [2.75, 3.05) is 18.1 Å². The molecule has 0 N–H and O–H groups in total. The number of rotatable bonds is 6. The van der Waals surface area contributed by atoms with Gasteiger partial charge in [-0.2, -0.15) is 0 Å². The minimum absolute atomic E-state index is 0.279. The van der Waals surface area contributed by atoms with Crippen LogP contribution in [0.5, 0.6) is 0 Å². The molecule has 0 atom stereocenters. The molecule has 136 valence electrons.